The van der Waals surface area contributed by atoms with Crippen LogP contribution >= 0.6 is 23.1 Å². The fraction of sp³-hybridized carbons (Fsp3) is 0.286. The smallest absolute Gasteiger partial charge is 0.341 e. The zero-order valence-corrected chi connectivity index (χ0v) is 23.2. The Hall–Kier alpha value is -3.63. The van der Waals surface area contributed by atoms with Gasteiger partial charge >= 0.3 is 5.97 Å². The molecular formula is C28H30N4O4S2. The van der Waals surface area contributed by atoms with Gasteiger partial charge in [0.05, 0.1) is 19.0 Å². The van der Waals surface area contributed by atoms with Crippen molar-refractivity contribution in [3.05, 3.63) is 65.5 Å². The summed E-state index contributed by atoms with van der Waals surface area (Å²) in [4.78, 5) is 25.6. The van der Waals surface area contributed by atoms with Crippen LogP contribution in [0.4, 0.5) is 5.00 Å². The molecule has 38 heavy (non-hydrogen) atoms. The summed E-state index contributed by atoms with van der Waals surface area (Å²) in [5.41, 5.74) is 2.89. The first-order valence-corrected chi connectivity index (χ1v) is 14.3. The van der Waals surface area contributed by atoms with Gasteiger partial charge in [-0.25, -0.2) is 4.79 Å². The molecule has 0 unspecified atom stereocenters. The largest absolute Gasteiger partial charge is 0.494 e. The van der Waals surface area contributed by atoms with E-state index < -0.39 is 5.97 Å². The van der Waals surface area contributed by atoms with Gasteiger partial charge in [-0.1, -0.05) is 55.4 Å². The molecule has 0 bridgehead atoms. The van der Waals surface area contributed by atoms with Crippen molar-refractivity contribution in [2.45, 2.75) is 31.8 Å². The standard InChI is InChI=1S/C28H30N4O4S2/c1-4-6-16-36-21-14-12-20(13-15-21)25-30-31-28(32(25)3)38-18-23(33)29-26-24(27(34)35-5-2)22(17-37-26)19-10-8-7-9-11-19/h7-15,17H,4-6,16,18H2,1-3H3,(H,29,33). The number of carbonyl (C=O) groups is 2. The van der Waals surface area contributed by atoms with E-state index in [1.807, 2.05) is 71.6 Å². The van der Waals surface area contributed by atoms with Crippen LogP contribution < -0.4 is 10.1 Å². The van der Waals surface area contributed by atoms with Gasteiger partial charge in [-0.2, -0.15) is 0 Å². The first-order valence-electron chi connectivity index (χ1n) is 12.4. The van der Waals surface area contributed by atoms with Crippen LogP contribution in [0.2, 0.25) is 0 Å². The Balaban J connectivity index is 1.42. The van der Waals surface area contributed by atoms with E-state index in [0.717, 1.165) is 35.3 Å². The topological polar surface area (TPSA) is 95.3 Å². The summed E-state index contributed by atoms with van der Waals surface area (Å²) in [6.45, 7) is 4.83. The van der Waals surface area contributed by atoms with E-state index in [1.165, 1.54) is 23.1 Å². The predicted octanol–water partition coefficient (Wildman–Crippen LogP) is 6.30. The SMILES string of the molecule is CCCCOc1ccc(-c2nnc(SCC(=O)Nc3scc(-c4ccccc4)c3C(=O)OCC)n2C)cc1. The van der Waals surface area contributed by atoms with Crippen LogP contribution in [0, 0.1) is 0 Å². The Morgan fingerprint density at radius 2 is 1.79 bits per heavy atom. The average Bonchev–Trinajstić information content (AvgIpc) is 3.52. The monoisotopic (exact) mass is 550 g/mol. The highest BCUT2D eigenvalue weighted by Gasteiger charge is 2.23. The maximum Gasteiger partial charge on any atom is 0.341 e. The number of anilines is 1. The quantitative estimate of drug-likeness (QED) is 0.126. The lowest BCUT2D eigenvalue weighted by Gasteiger charge is -2.09. The summed E-state index contributed by atoms with van der Waals surface area (Å²) in [5.74, 6) is 0.914. The van der Waals surface area contributed by atoms with Crippen LogP contribution in [-0.4, -0.2) is 45.6 Å². The third kappa shape index (κ3) is 6.62. The normalized spacial score (nSPS) is 10.8. The van der Waals surface area contributed by atoms with Gasteiger partial charge in [0, 0.05) is 23.6 Å². The molecule has 2 aromatic carbocycles. The molecule has 0 saturated heterocycles. The van der Waals surface area contributed by atoms with E-state index in [0.29, 0.717) is 28.2 Å². The second-order valence-electron chi connectivity index (χ2n) is 8.37. The minimum absolute atomic E-state index is 0.108. The number of aromatic nitrogens is 3. The van der Waals surface area contributed by atoms with Crippen molar-refractivity contribution in [1.29, 1.82) is 0 Å². The molecule has 198 valence electrons. The molecule has 10 heteroatoms. The fourth-order valence-electron chi connectivity index (χ4n) is 3.71. The van der Waals surface area contributed by atoms with Crippen molar-refractivity contribution in [1.82, 2.24) is 14.8 Å². The number of amides is 1. The lowest BCUT2D eigenvalue weighted by atomic mass is 10.0. The molecule has 0 saturated carbocycles. The fourth-order valence-corrected chi connectivity index (χ4v) is 5.39. The van der Waals surface area contributed by atoms with E-state index in [4.69, 9.17) is 9.47 Å². The highest BCUT2D eigenvalue weighted by Crippen LogP contribution is 2.36. The molecule has 8 nitrogen and oxygen atoms in total. The Bertz CT molecular complexity index is 1370. The molecule has 0 atom stereocenters. The number of ether oxygens (including phenoxy) is 2. The summed E-state index contributed by atoms with van der Waals surface area (Å²) < 4.78 is 12.9. The number of benzene rings is 2. The Morgan fingerprint density at radius 1 is 1.03 bits per heavy atom. The van der Waals surface area contributed by atoms with Crippen LogP contribution in [-0.2, 0) is 16.6 Å². The molecule has 4 rings (SSSR count). The Morgan fingerprint density at radius 3 is 2.50 bits per heavy atom. The summed E-state index contributed by atoms with van der Waals surface area (Å²) >= 11 is 2.58. The van der Waals surface area contributed by atoms with Crippen molar-refractivity contribution in [2.24, 2.45) is 7.05 Å². The van der Waals surface area contributed by atoms with E-state index >= 15 is 0 Å². The van der Waals surface area contributed by atoms with Crippen molar-refractivity contribution >= 4 is 40.0 Å². The van der Waals surface area contributed by atoms with Gasteiger partial charge in [0.15, 0.2) is 11.0 Å². The molecule has 0 fully saturated rings. The molecule has 2 heterocycles. The minimum Gasteiger partial charge on any atom is -0.494 e. The van der Waals surface area contributed by atoms with Crippen LogP contribution in [0.25, 0.3) is 22.5 Å². The highest BCUT2D eigenvalue weighted by molar-refractivity contribution is 7.99. The Labute approximate surface area is 230 Å². The molecule has 0 radical (unpaired) electrons. The molecule has 0 spiro atoms. The molecule has 2 aromatic heterocycles. The second-order valence-corrected chi connectivity index (χ2v) is 10.2. The van der Waals surface area contributed by atoms with Crippen molar-refractivity contribution in [3.8, 4) is 28.3 Å². The number of esters is 1. The minimum atomic E-state index is -0.463. The molecule has 0 aliphatic rings. The molecule has 1 amide bonds. The Kier molecular flexibility index (Phi) is 9.56. The zero-order valence-electron chi connectivity index (χ0n) is 21.6. The predicted molar refractivity (Wildman–Crippen MR) is 152 cm³/mol. The second kappa shape index (κ2) is 13.3. The number of rotatable bonds is 12. The van der Waals surface area contributed by atoms with E-state index in [2.05, 4.69) is 22.4 Å². The van der Waals surface area contributed by atoms with Crippen molar-refractivity contribution in [2.75, 3.05) is 24.3 Å². The number of carbonyl (C=O) groups excluding carboxylic acids is 2. The van der Waals surface area contributed by atoms with Gasteiger partial charge in [0.25, 0.3) is 0 Å². The summed E-state index contributed by atoms with van der Waals surface area (Å²) in [6, 6.07) is 17.3. The molecular weight excluding hydrogens is 520 g/mol. The lowest BCUT2D eigenvalue weighted by Crippen LogP contribution is -2.16. The average molecular weight is 551 g/mol. The molecule has 0 aliphatic heterocycles. The molecule has 4 aromatic rings. The van der Waals surface area contributed by atoms with Gasteiger partial charge in [-0.15, -0.1) is 21.5 Å². The number of unbranched alkanes of at least 4 members (excludes halogenated alkanes) is 1. The van der Waals surface area contributed by atoms with Crippen LogP contribution in [0.5, 0.6) is 5.75 Å². The summed E-state index contributed by atoms with van der Waals surface area (Å²) in [7, 11) is 1.87. The van der Waals surface area contributed by atoms with E-state index in [9.17, 15) is 9.59 Å². The van der Waals surface area contributed by atoms with Crippen LogP contribution in [0.1, 0.15) is 37.0 Å². The summed E-state index contributed by atoms with van der Waals surface area (Å²) in [5, 5.41) is 14.4. The zero-order chi connectivity index (χ0) is 26.9. The molecule has 1 N–H and O–H groups in total. The number of nitrogens with zero attached hydrogens (tertiary/aromatic N) is 3. The number of nitrogens with one attached hydrogen (secondary N) is 1. The maximum absolute atomic E-state index is 12.8. The third-order valence-electron chi connectivity index (χ3n) is 5.65. The van der Waals surface area contributed by atoms with Gasteiger partial charge in [-0.05, 0) is 43.2 Å². The van der Waals surface area contributed by atoms with Gasteiger partial charge in [0.1, 0.15) is 16.3 Å². The lowest BCUT2D eigenvalue weighted by molar-refractivity contribution is -0.113. The van der Waals surface area contributed by atoms with E-state index in [1.54, 1.807) is 6.92 Å². The van der Waals surface area contributed by atoms with Gasteiger partial charge in [0.2, 0.25) is 5.91 Å². The van der Waals surface area contributed by atoms with Gasteiger partial charge < -0.3 is 19.4 Å². The maximum atomic E-state index is 12.8. The van der Waals surface area contributed by atoms with Crippen molar-refractivity contribution in [3.63, 3.8) is 0 Å². The molecule has 0 aliphatic carbocycles. The number of hydrogen-bond donors (Lipinski definition) is 1. The first kappa shape index (κ1) is 27.4. The van der Waals surface area contributed by atoms with Crippen LogP contribution in [0.15, 0.2) is 65.1 Å². The van der Waals surface area contributed by atoms with E-state index in [-0.39, 0.29) is 18.3 Å². The number of thiophene rings is 1. The van der Waals surface area contributed by atoms with Crippen LogP contribution in [0.3, 0.4) is 0 Å². The number of hydrogen-bond acceptors (Lipinski definition) is 8. The third-order valence-corrected chi connectivity index (χ3v) is 7.57. The highest BCUT2D eigenvalue weighted by atomic mass is 32.2. The van der Waals surface area contributed by atoms with Gasteiger partial charge in [-0.3, -0.25) is 4.79 Å². The number of thioether (sulfide) groups is 1. The first-order chi connectivity index (χ1) is 18.5. The van der Waals surface area contributed by atoms with Crippen molar-refractivity contribution < 1.29 is 19.1 Å². The summed E-state index contributed by atoms with van der Waals surface area (Å²) in [6.07, 6.45) is 2.11.